The molecule has 0 spiro atoms. The molecule has 1 aromatic rings. The molecule has 3 N–H and O–H groups in total. The van der Waals surface area contributed by atoms with E-state index in [1.54, 1.807) is 33.8 Å². The van der Waals surface area contributed by atoms with Gasteiger partial charge in [-0.05, 0) is 78.5 Å². The molecule has 2 atom stereocenters. The number of ether oxygens (including phenoxy) is 2. The molecule has 0 heterocycles. The fraction of sp³-hybridized carbons (Fsp3) is 0.643. The van der Waals surface area contributed by atoms with Gasteiger partial charge in [-0.1, -0.05) is 25.1 Å². The summed E-state index contributed by atoms with van der Waals surface area (Å²) in [6, 6.07) is 3.03. The van der Waals surface area contributed by atoms with E-state index in [9.17, 15) is 24.3 Å². The van der Waals surface area contributed by atoms with Crippen molar-refractivity contribution in [1.29, 1.82) is 0 Å². The van der Waals surface area contributed by atoms with Crippen molar-refractivity contribution < 1.29 is 33.8 Å². The van der Waals surface area contributed by atoms with Crippen molar-refractivity contribution in [2.24, 2.45) is 0 Å². The van der Waals surface area contributed by atoms with Crippen LogP contribution in [0.25, 0.3) is 0 Å². The van der Waals surface area contributed by atoms with E-state index in [4.69, 9.17) is 9.47 Å². The van der Waals surface area contributed by atoms with Crippen LogP contribution in [-0.2, 0) is 23.9 Å². The van der Waals surface area contributed by atoms with E-state index in [-0.39, 0.29) is 19.6 Å². The van der Waals surface area contributed by atoms with E-state index in [1.807, 2.05) is 46.8 Å². The van der Waals surface area contributed by atoms with Gasteiger partial charge in [0.25, 0.3) is 0 Å². The van der Waals surface area contributed by atoms with Gasteiger partial charge in [-0.15, -0.1) is 0 Å². The van der Waals surface area contributed by atoms with Crippen LogP contribution in [0.15, 0.2) is 18.2 Å². The minimum atomic E-state index is -1.35. The Bertz CT molecular complexity index is 985. The van der Waals surface area contributed by atoms with Gasteiger partial charge < -0.3 is 30.1 Å². The average Bonchev–Trinajstić information content (AvgIpc) is 2.81. The zero-order valence-electron chi connectivity index (χ0n) is 24.3. The maximum Gasteiger partial charge on any atom is 0.408 e. The number of aliphatic hydroxyl groups excluding tert-OH is 1. The Morgan fingerprint density at radius 3 is 2.16 bits per heavy atom. The predicted molar refractivity (Wildman–Crippen MR) is 144 cm³/mol. The molecule has 0 aliphatic carbocycles. The van der Waals surface area contributed by atoms with E-state index in [1.165, 1.54) is 4.90 Å². The topological polar surface area (TPSA) is 134 Å². The lowest BCUT2D eigenvalue weighted by Crippen LogP contribution is -2.60. The highest BCUT2D eigenvalue weighted by molar-refractivity contribution is 5.93. The number of amides is 3. The highest BCUT2D eigenvalue weighted by Gasteiger charge is 2.43. The largest absolute Gasteiger partial charge is 0.466 e. The van der Waals surface area contributed by atoms with Crippen LogP contribution in [0.1, 0.15) is 84.0 Å². The van der Waals surface area contributed by atoms with Crippen molar-refractivity contribution in [3.8, 4) is 0 Å². The van der Waals surface area contributed by atoms with Gasteiger partial charge in [0.2, 0.25) is 11.8 Å². The Morgan fingerprint density at radius 2 is 1.66 bits per heavy atom. The summed E-state index contributed by atoms with van der Waals surface area (Å²) < 4.78 is 10.2. The molecule has 38 heavy (non-hydrogen) atoms. The molecule has 0 aromatic heterocycles. The Labute approximate surface area is 226 Å². The zero-order valence-corrected chi connectivity index (χ0v) is 24.3. The number of alkyl carbamates (subject to hydrolysis) is 1. The monoisotopic (exact) mass is 535 g/mol. The molecule has 1 rings (SSSR count). The molecule has 214 valence electrons. The predicted octanol–water partition coefficient (Wildman–Crippen LogP) is 3.32. The second-order valence-corrected chi connectivity index (χ2v) is 10.8. The van der Waals surface area contributed by atoms with E-state index in [2.05, 4.69) is 10.6 Å². The standard InChI is InChI=1S/C28H45N3O7/c1-10-28(8,9)31(25(35)21(17-32)30-26(36)38-27(5,6)7)23(20-13-12-18(3)19(4)16-20)24(34)29-15-14-22(33)37-11-2/h12-13,16,21,23,32H,10-11,14-15,17H2,1-9H3,(H,29,34)(H,30,36). The Balaban J connectivity index is 3.51. The molecule has 0 saturated heterocycles. The maximum absolute atomic E-state index is 14.0. The number of esters is 1. The summed E-state index contributed by atoms with van der Waals surface area (Å²) in [5.74, 6) is -1.59. The first kappa shape index (κ1) is 32.9. The lowest BCUT2D eigenvalue weighted by molar-refractivity contribution is -0.150. The first-order valence-corrected chi connectivity index (χ1v) is 13.0. The van der Waals surface area contributed by atoms with Gasteiger partial charge in [-0.25, -0.2) is 4.79 Å². The Hall–Kier alpha value is -3.14. The molecule has 10 heteroatoms. The average molecular weight is 536 g/mol. The van der Waals surface area contributed by atoms with E-state index < -0.39 is 53.7 Å². The Morgan fingerprint density at radius 1 is 1.03 bits per heavy atom. The Kier molecular flexibility index (Phi) is 12.2. The number of benzene rings is 1. The minimum Gasteiger partial charge on any atom is -0.466 e. The van der Waals surface area contributed by atoms with E-state index >= 15 is 0 Å². The number of carbonyl (C=O) groups excluding carboxylic acids is 4. The molecule has 0 aliphatic heterocycles. The van der Waals surface area contributed by atoms with Gasteiger partial charge in [0.05, 0.1) is 19.6 Å². The number of hydrogen-bond acceptors (Lipinski definition) is 7. The van der Waals surface area contributed by atoms with Gasteiger partial charge in [0.15, 0.2) is 0 Å². The molecule has 3 amide bonds. The molecule has 0 fully saturated rings. The molecule has 0 bridgehead atoms. The number of nitrogens with one attached hydrogen (secondary N) is 2. The highest BCUT2D eigenvalue weighted by Crippen LogP contribution is 2.33. The third kappa shape index (κ3) is 9.63. The lowest BCUT2D eigenvalue weighted by Gasteiger charge is -2.44. The lowest BCUT2D eigenvalue weighted by atomic mass is 9.91. The summed E-state index contributed by atoms with van der Waals surface area (Å²) in [4.78, 5) is 53.3. The molecule has 2 unspecified atom stereocenters. The highest BCUT2D eigenvalue weighted by atomic mass is 16.6. The maximum atomic E-state index is 14.0. The summed E-state index contributed by atoms with van der Waals surface area (Å²) in [6.45, 7) is 15.7. The summed E-state index contributed by atoms with van der Waals surface area (Å²) in [6.07, 6.45) is -0.411. The zero-order chi connectivity index (χ0) is 29.3. The first-order chi connectivity index (χ1) is 17.6. The second-order valence-electron chi connectivity index (χ2n) is 10.8. The molecular formula is C28H45N3O7. The van der Waals surface area contributed by atoms with Gasteiger partial charge in [0.1, 0.15) is 17.7 Å². The third-order valence-corrected chi connectivity index (χ3v) is 6.21. The smallest absolute Gasteiger partial charge is 0.408 e. The van der Waals surface area contributed by atoms with Crippen LogP contribution in [0.3, 0.4) is 0 Å². The van der Waals surface area contributed by atoms with Gasteiger partial charge in [-0.3, -0.25) is 14.4 Å². The fourth-order valence-corrected chi connectivity index (χ4v) is 3.72. The van der Waals surface area contributed by atoms with E-state index in [0.29, 0.717) is 12.0 Å². The van der Waals surface area contributed by atoms with Crippen LogP contribution in [0.5, 0.6) is 0 Å². The normalized spacial score (nSPS) is 13.2. The number of hydrogen-bond donors (Lipinski definition) is 3. The molecule has 0 aliphatic rings. The number of rotatable bonds is 12. The molecule has 10 nitrogen and oxygen atoms in total. The summed E-state index contributed by atoms with van der Waals surface area (Å²) in [5, 5.41) is 15.3. The van der Waals surface area contributed by atoms with Crippen molar-refractivity contribution in [2.45, 2.75) is 98.4 Å². The summed E-state index contributed by atoms with van der Waals surface area (Å²) in [7, 11) is 0. The quantitative estimate of drug-likeness (QED) is 0.350. The molecule has 0 radical (unpaired) electrons. The third-order valence-electron chi connectivity index (χ3n) is 6.21. The molecule has 1 aromatic carbocycles. The summed E-state index contributed by atoms with van der Waals surface area (Å²) in [5.41, 5.74) is 0.838. The van der Waals surface area contributed by atoms with Crippen molar-refractivity contribution in [1.82, 2.24) is 15.5 Å². The van der Waals surface area contributed by atoms with Crippen LogP contribution in [0.2, 0.25) is 0 Å². The number of aliphatic hydroxyl groups is 1. The van der Waals surface area contributed by atoms with Gasteiger partial charge in [0, 0.05) is 12.1 Å². The summed E-state index contributed by atoms with van der Waals surface area (Å²) >= 11 is 0. The SMILES string of the molecule is CCOC(=O)CCNC(=O)C(c1ccc(C)c(C)c1)N(C(=O)C(CO)NC(=O)OC(C)(C)C)C(C)(C)CC. The van der Waals surface area contributed by atoms with Crippen molar-refractivity contribution in [3.63, 3.8) is 0 Å². The number of carbonyl (C=O) groups is 4. The first-order valence-electron chi connectivity index (χ1n) is 13.0. The van der Waals surface area contributed by atoms with Crippen molar-refractivity contribution in [3.05, 3.63) is 34.9 Å². The second kappa shape index (κ2) is 14.1. The van der Waals surface area contributed by atoms with Crippen LogP contribution >= 0.6 is 0 Å². The van der Waals surface area contributed by atoms with Gasteiger partial charge >= 0.3 is 12.1 Å². The van der Waals surface area contributed by atoms with E-state index in [0.717, 1.165) is 11.1 Å². The van der Waals surface area contributed by atoms with Crippen LogP contribution < -0.4 is 10.6 Å². The fourth-order valence-electron chi connectivity index (χ4n) is 3.72. The van der Waals surface area contributed by atoms with Crippen molar-refractivity contribution >= 4 is 23.9 Å². The number of nitrogens with zero attached hydrogens (tertiary/aromatic N) is 1. The molecule has 0 saturated carbocycles. The molecular weight excluding hydrogens is 490 g/mol. The number of aryl methyl sites for hydroxylation is 2. The van der Waals surface area contributed by atoms with Crippen molar-refractivity contribution in [2.75, 3.05) is 19.8 Å². The minimum absolute atomic E-state index is 0.0210. The van der Waals surface area contributed by atoms with Crippen LogP contribution in [0.4, 0.5) is 4.79 Å². The van der Waals surface area contributed by atoms with Crippen LogP contribution in [-0.4, -0.2) is 70.8 Å². The van der Waals surface area contributed by atoms with Crippen LogP contribution in [0, 0.1) is 13.8 Å². The van der Waals surface area contributed by atoms with Gasteiger partial charge in [-0.2, -0.15) is 0 Å².